The second kappa shape index (κ2) is 12.1. The Morgan fingerprint density at radius 3 is 1.95 bits per heavy atom. The minimum absolute atomic E-state index is 0.259. The molecular weight excluding hydrogens is 667 g/mol. The highest BCUT2D eigenvalue weighted by Gasteiger charge is 2.40. The molecule has 2 nitrogen and oxygen atoms in total. The Labute approximate surface area is 320 Å². The maximum atomic E-state index is 6.37. The second-order valence-corrected chi connectivity index (χ2v) is 15.2. The predicted molar refractivity (Wildman–Crippen MR) is 232 cm³/mol. The van der Waals surface area contributed by atoms with E-state index in [9.17, 15) is 0 Å². The molecule has 0 radical (unpaired) electrons. The van der Waals surface area contributed by atoms with Crippen molar-refractivity contribution in [1.29, 1.82) is 0 Å². The summed E-state index contributed by atoms with van der Waals surface area (Å²) in [5, 5.41) is 7.25. The van der Waals surface area contributed by atoms with Crippen molar-refractivity contribution >= 4 is 60.5 Å². The molecule has 11 rings (SSSR count). The van der Waals surface area contributed by atoms with E-state index >= 15 is 0 Å². The maximum Gasteiger partial charge on any atom is 0.135 e. The number of hydrogen-bond donors (Lipinski definition) is 0. The minimum atomic E-state index is -0.259. The van der Waals surface area contributed by atoms with Crippen molar-refractivity contribution in [3.63, 3.8) is 0 Å². The highest BCUT2D eigenvalue weighted by Crippen LogP contribution is 2.57. The summed E-state index contributed by atoms with van der Waals surface area (Å²) in [7, 11) is 0. The molecule has 260 valence electrons. The molecule has 0 fully saturated rings. The van der Waals surface area contributed by atoms with Crippen molar-refractivity contribution in [2.75, 3.05) is 4.90 Å². The van der Waals surface area contributed by atoms with Crippen molar-refractivity contribution in [3.8, 4) is 33.4 Å². The van der Waals surface area contributed by atoms with E-state index in [1.54, 1.807) is 0 Å². The molecule has 9 aromatic carbocycles. The van der Waals surface area contributed by atoms with Gasteiger partial charge in [0.15, 0.2) is 0 Å². The first-order valence-corrected chi connectivity index (χ1v) is 19.1. The standard InChI is InChI=1S/C53H37NO/c1-53(2)45-31-29-35-17-6-7-20-39(35)51(45)43-25-14-27-47(52(43)53)54(37-30-32-49-44(33-37)41-22-9-11-28-48(41)55-49)46-26-10-8-21-40(46)42-24-13-19-36-18-12-23-38(50(36)42)34-15-4-3-5-16-34/h3-33H,1-2H3. The van der Waals surface area contributed by atoms with Crippen LogP contribution in [0.5, 0.6) is 0 Å². The van der Waals surface area contributed by atoms with Gasteiger partial charge in [0.25, 0.3) is 0 Å². The lowest BCUT2D eigenvalue weighted by molar-refractivity contribution is 0.661. The summed E-state index contributed by atoms with van der Waals surface area (Å²) in [6, 6.07) is 68.5. The van der Waals surface area contributed by atoms with E-state index in [1.165, 1.54) is 71.7 Å². The number of nitrogens with zero attached hydrogens (tertiary/aromatic N) is 1. The third-order valence-electron chi connectivity index (χ3n) is 11.8. The molecule has 1 aromatic heterocycles. The predicted octanol–water partition coefficient (Wildman–Crippen LogP) is 15.0. The lowest BCUT2D eigenvalue weighted by atomic mass is 9.80. The number of rotatable bonds is 5. The molecule has 1 heterocycles. The first-order chi connectivity index (χ1) is 27.1. The summed E-state index contributed by atoms with van der Waals surface area (Å²) in [5.74, 6) is 0. The van der Waals surface area contributed by atoms with Crippen LogP contribution in [0.2, 0.25) is 0 Å². The van der Waals surface area contributed by atoms with E-state index in [-0.39, 0.29) is 5.41 Å². The van der Waals surface area contributed by atoms with Gasteiger partial charge in [0.05, 0.1) is 11.4 Å². The molecule has 0 N–H and O–H groups in total. The highest BCUT2D eigenvalue weighted by atomic mass is 16.3. The molecule has 10 aromatic rings. The van der Waals surface area contributed by atoms with E-state index in [0.717, 1.165) is 33.3 Å². The highest BCUT2D eigenvalue weighted by molar-refractivity contribution is 6.11. The molecule has 0 saturated heterocycles. The fraction of sp³-hybridized carbons (Fsp3) is 0.0566. The van der Waals surface area contributed by atoms with E-state index < -0.39 is 0 Å². The first kappa shape index (κ1) is 31.6. The molecule has 55 heavy (non-hydrogen) atoms. The largest absolute Gasteiger partial charge is 0.456 e. The van der Waals surface area contributed by atoms with Gasteiger partial charge in [-0.1, -0.05) is 166 Å². The molecule has 2 heteroatoms. The number of fused-ring (bicyclic) bond motifs is 9. The molecule has 1 aliphatic rings. The van der Waals surface area contributed by atoms with Gasteiger partial charge in [-0.3, -0.25) is 0 Å². The molecule has 1 aliphatic carbocycles. The summed E-state index contributed by atoms with van der Waals surface area (Å²) < 4.78 is 6.37. The molecule has 0 aliphatic heterocycles. The number of anilines is 3. The molecule has 0 unspecified atom stereocenters. The van der Waals surface area contributed by atoms with Crippen molar-refractivity contribution in [1.82, 2.24) is 0 Å². The number of benzene rings is 9. The topological polar surface area (TPSA) is 16.4 Å². The Bertz CT molecular complexity index is 3130. The Kier molecular flexibility index (Phi) is 6.93. The number of hydrogen-bond acceptors (Lipinski definition) is 2. The van der Waals surface area contributed by atoms with Crippen molar-refractivity contribution in [2.24, 2.45) is 0 Å². The fourth-order valence-electron chi connectivity index (χ4n) is 9.39. The Balaban J connectivity index is 1.22. The first-order valence-electron chi connectivity index (χ1n) is 19.1. The van der Waals surface area contributed by atoms with Crippen LogP contribution < -0.4 is 4.90 Å². The maximum absolute atomic E-state index is 6.37. The second-order valence-electron chi connectivity index (χ2n) is 15.2. The Morgan fingerprint density at radius 2 is 1.07 bits per heavy atom. The van der Waals surface area contributed by atoms with Crippen molar-refractivity contribution in [2.45, 2.75) is 19.3 Å². The lowest BCUT2D eigenvalue weighted by Crippen LogP contribution is -2.21. The quantitative estimate of drug-likeness (QED) is 0.177. The van der Waals surface area contributed by atoms with Crippen LogP contribution in [0, 0.1) is 0 Å². The average molecular weight is 704 g/mol. The summed E-state index contributed by atoms with van der Waals surface area (Å²) in [4.78, 5) is 2.51. The van der Waals surface area contributed by atoms with Crippen LogP contribution in [0.1, 0.15) is 25.0 Å². The van der Waals surface area contributed by atoms with Gasteiger partial charge in [-0.05, 0) is 96.9 Å². The van der Waals surface area contributed by atoms with Gasteiger partial charge in [0.1, 0.15) is 11.2 Å². The molecule has 0 spiro atoms. The third kappa shape index (κ3) is 4.74. The SMILES string of the molecule is CC1(C)c2ccc3ccccc3c2-c2cccc(N(c3ccc4oc5ccccc5c4c3)c3ccccc3-c3cccc4cccc(-c5ccccc5)c34)c21. The molecule has 0 saturated carbocycles. The van der Waals surface area contributed by atoms with Gasteiger partial charge in [0, 0.05) is 27.4 Å². The van der Waals surface area contributed by atoms with Gasteiger partial charge in [-0.2, -0.15) is 0 Å². The summed E-state index contributed by atoms with van der Waals surface area (Å²) in [6.45, 7) is 4.79. The molecule has 0 atom stereocenters. The van der Waals surface area contributed by atoms with Gasteiger partial charge >= 0.3 is 0 Å². The van der Waals surface area contributed by atoms with Crippen LogP contribution in [-0.4, -0.2) is 0 Å². The van der Waals surface area contributed by atoms with E-state index in [0.29, 0.717) is 0 Å². The van der Waals surface area contributed by atoms with Crippen LogP contribution in [0.4, 0.5) is 17.1 Å². The van der Waals surface area contributed by atoms with E-state index in [1.807, 2.05) is 6.07 Å². The monoisotopic (exact) mass is 703 g/mol. The smallest absolute Gasteiger partial charge is 0.135 e. The van der Waals surface area contributed by atoms with Crippen LogP contribution >= 0.6 is 0 Å². The van der Waals surface area contributed by atoms with Crippen molar-refractivity contribution < 1.29 is 4.42 Å². The van der Waals surface area contributed by atoms with E-state index in [4.69, 9.17) is 4.42 Å². The average Bonchev–Trinajstić information content (AvgIpc) is 3.73. The Hall–Kier alpha value is -6.90. The zero-order chi connectivity index (χ0) is 36.7. The van der Waals surface area contributed by atoms with Crippen LogP contribution in [0.15, 0.2) is 192 Å². The zero-order valence-corrected chi connectivity index (χ0v) is 30.8. The van der Waals surface area contributed by atoms with Crippen LogP contribution in [-0.2, 0) is 5.41 Å². The van der Waals surface area contributed by atoms with Gasteiger partial charge in [-0.25, -0.2) is 0 Å². The van der Waals surface area contributed by atoms with Crippen molar-refractivity contribution in [3.05, 3.63) is 199 Å². The summed E-state index contributed by atoms with van der Waals surface area (Å²) in [5.41, 5.74) is 15.0. The molecule has 0 amide bonds. The van der Waals surface area contributed by atoms with Crippen LogP contribution in [0.3, 0.4) is 0 Å². The van der Waals surface area contributed by atoms with Gasteiger partial charge in [0.2, 0.25) is 0 Å². The summed E-state index contributed by atoms with van der Waals surface area (Å²) in [6.07, 6.45) is 0. The normalized spacial score (nSPS) is 13.1. The Morgan fingerprint density at radius 1 is 0.436 bits per heavy atom. The van der Waals surface area contributed by atoms with Gasteiger partial charge < -0.3 is 9.32 Å². The number of furan rings is 1. The minimum Gasteiger partial charge on any atom is -0.456 e. The zero-order valence-electron chi connectivity index (χ0n) is 30.8. The van der Waals surface area contributed by atoms with Gasteiger partial charge in [-0.15, -0.1) is 0 Å². The number of para-hydroxylation sites is 2. The van der Waals surface area contributed by atoms with E-state index in [2.05, 4.69) is 201 Å². The molecule has 0 bridgehead atoms. The van der Waals surface area contributed by atoms with Crippen LogP contribution in [0.25, 0.3) is 76.9 Å². The molecular formula is C53H37NO. The third-order valence-corrected chi connectivity index (χ3v) is 11.8. The summed E-state index contributed by atoms with van der Waals surface area (Å²) >= 11 is 0. The lowest BCUT2D eigenvalue weighted by Gasteiger charge is -2.33. The fourth-order valence-corrected chi connectivity index (χ4v) is 9.39.